The van der Waals surface area contributed by atoms with Gasteiger partial charge >= 0.3 is 5.97 Å². The molecule has 0 saturated carbocycles. The Labute approximate surface area is 119 Å². The monoisotopic (exact) mass is 278 g/mol. The standard InChI is InChI=1S/C15H22N2O3/c1-16-10-3-4-14(18)17-11-9-12-5-7-13(8-6-12)15(19)20-2/h5-8,16H,3-4,9-11H2,1-2H3,(H,17,18). The molecule has 0 radical (unpaired) electrons. The maximum absolute atomic E-state index is 11.5. The molecule has 0 aromatic heterocycles. The van der Waals surface area contributed by atoms with Gasteiger partial charge in [-0.1, -0.05) is 12.1 Å². The van der Waals surface area contributed by atoms with Gasteiger partial charge in [0.05, 0.1) is 12.7 Å². The number of nitrogens with one attached hydrogen (secondary N) is 2. The Kier molecular flexibility index (Phi) is 7.35. The number of benzene rings is 1. The molecule has 1 rings (SSSR count). The lowest BCUT2D eigenvalue weighted by Crippen LogP contribution is -2.26. The van der Waals surface area contributed by atoms with E-state index in [0.717, 1.165) is 24.9 Å². The molecule has 110 valence electrons. The van der Waals surface area contributed by atoms with Gasteiger partial charge in [-0.25, -0.2) is 4.79 Å². The zero-order valence-electron chi connectivity index (χ0n) is 12.1. The molecule has 0 saturated heterocycles. The van der Waals surface area contributed by atoms with Crippen molar-refractivity contribution in [2.75, 3.05) is 27.2 Å². The molecule has 1 aromatic rings. The van der Waals surface area contributed by atoms with Gasteiger partial charge < -0.3 is 15.4 Å². The normalized spacial score (nSPS) is 10.1. The Morgan fingerprint density at radius 3 is 2.45 bits per heavy atom. The van der Waals surface area contributed by atoms with Crippen molar-refractivity contribution in [3.05, 3.63) is 35.4 Å². The van der Waals surface area contributed by atoms with Gasteiger partial charge in [-0.15, -0.1) is 0 Å². The Balaban J connectivity index is 2.28. The minimum absolute atomic E-state index is 0.0754. The van der Waals surface area contributed by atoms with Gasteiger partial charge in [0.2, 0.25) is 5.91 Å². The van der Waals surface area contributed by atoms with Crippen LogP contribution in [0.2, 0.25) is 0 Å². The summed E-state index contributed by atoms with van der Waals surface area (Å²) in [5.41, 5.74) is 1.61. The van der Waals surface area contributed by atoms with Crippen LogP contribution in [0.15, 0.2) is 24.3 Å². The van der Waals surface area contributed by atoms with Crippen molar-refractivity contribution < 1.29 is 14.3 Å². The van der Waals surface area contributed by atoms with E-state index >= 15 is 0 Å². The summed E-state index contributed by atoms with van der Waals surface area (Å²) in [5.74, 6) is -0.263. The summed E-state index contributed by atoms with van der Waals surface area (Å²) in [6.07, 6.45) is 2.14. The van der Waals surface area contributed by atoms with Crippen molar-refractivity contribution in [1.29, 1.82) is 0 Å². The average molecular weight is 278 g/mol. The number of carbonyl (C=O) groups is 2. The van der Waals surface area contributed by atoms with E-state index in [1.165, 1.54) is 7.11 Å². The fourth-order valence-electron chi connectivity index (χ4n) is 1.79. The van der Waals surface area contributed by atoms with E-state index in [-0.39, 0.29) is 11.9 Å². The zero-order valence-corrected chi connectivity index (χ0v) is 12.1. The van der Waals surface area contributed by atoms with Crippen LogP contribution in [0.1, 0.15) is 28.8 Å². The molecule has 20 heavy (non-hydrogen) atoms. The topological polar surface area (TPSA) is 67.4 Å². The number of hydrogen-bond donors (Lipinski definition) is 2. The third-order valence-corrected chi connectivity index (χ3v) is 2.94. The summed E-state index contributed by atoms with van der Waals surface area (Å²) in [5, 5.41) is 5.89. The van der Waals surface area contributed by atoms with Crippen LogP contribution in [0.3, 0.4) is 0 Å². The number of esters is 1. The van der Waals surface area contributed by atoms with Crippen LogP contribution < -0.4 is 10.6 Å². The van der Waals surface area contributed by atoms with Gasteiger partial charge in [0.15, 0.2) is 0 Å². The predicted molar refractivity (Wildman–Crippen MR) is 77.7 cm³/mol. The fraction of sp³-hybridized carbons (Fsp3) is 0.467. The van der Waals surface area contributed by atoms with Crippen molar-refractivity contribution in [3.63, 3.8) is 0 Å². The second-order valence-corrected chi connectivity index (χ2v) is 4.50. The van der Waals surface area contributed by atoms with Crippen LogP contribution in [0.4, 0.5) is 0 Å². The number of carbonyl (C=O) groups excluding carboxylic acids is 2. The summed E-state index contributed by atoms with van der Waals surface area (Å²) < 4.78 is 4.63. The second kappa shape index (κ2) is 9.09. The molecule has 0 atom stereocenters. The molecule has 0 aliphatic rings. The molecule has 0 fully saturated rings. The molecule has 0 heterocycles. The number of rotatable bonds is 8. The van der Waals surface area contributed by atoms with Crippen molar-refractivity contribution >= 4 is 11.9 Å². The van der Waals surface area contributed by atoms with E-state index in [1.54, 1.807) is 12.1 Å². The minimum atomic E-state index is -0.339. The number of ether oxygens (including phenoxy) is 1. The third kappa shape index (κ3) is 5.84. The van der Waals surface area contributed by atoms with Crippen molar-refractivity contribution in [3.8, 4) is 0 Å². The number of methoxy groups -OCH3 is 1. The highest BCUT2D eigenvalue weighted by molar-refractivity contribution is 5.89. The van der Waals surface area contributed by atoms with Gasteiger partial charge in [0, 0.05) is 13.0 Å². The lowest BCUT2D eigenvalue weighted by Gasteiger charge is -2.06. The van der Waals surface area contributed by atoms with Gasteiger partial charge in [-0.2, -0.15) is 0 Å². The van der Waals surface area contributed by atoms with Crippen LogP contribution in [0, 0.1) is 0 Å². The first-order valence-corrected chi connectivity index (χ1v) is 6.76. The summed E-state index contributed by atoms with van der Waals surface area (Å²) in [6, 6.07) is 7.21. The highest BCUT2D eigenvalue weighted by Gasteiger charge is 2.04. The average Bonchev–Trinajstić information content (AvgIpc) is 2.47. The minimum Gasteiger partial charge on any atom is -0.465 e. The zero-order chi connectivity index (χ0) is 14.8. The summed E-state index contributed by atoms with van der Waals surface area (Å²) in [4.78, 5) is 22.8. The van der Waals surface area contributed by atoms with Crippen LogP contribution in [-0.4, -0.2) is 39.1 Å². The molecule has 0 spiro atoms. The maximum atomic E-state index is 11.5. The Morgan fingerprint density at radius 2 is 1.85 bits per heavy atom. The molecular weight excluding hydrogens is 256 g/mol. The van der Waals surface area contributed by atoms with E-state index in [4.69, 9.17) is 0 Å². The predicted octanol–water partition coefficient (Wildman–Crippen LogP) is 1.13. The Hall–Kier alpha value is -1.88. The Bertz CT molecular complexity index is 429. The molecule has 0 unspecified atom stereocenters. The molecule has 2 N–H and O–H groups in total. The van der Waals surface area contributed by atoms with E-state index in [9.17, 15) is 9.59 Å². The van der Waals surface area contributed by atoms with Crippen LogP contribution >= 0.6 is 0 Å². The van der Waals surface area contributed by atoms with E-state index < -0.39 is 0 Å². The molecule has 0 bridgehead atoms. The first kappa shape index (κ1) is 16.2. The van der Waals surface area contributed by atoms with Gasteiger partial charge in [0.25, 0.3) is 0 Å². The van der Waals surface area contributed by atoms with Crippen LogP contribution in [-0.2, 0) is 16.0 Å². The van der Waals surface area contributed by atoms with E-state index in [2.05, 4.69) is 15.4 Å². The van der Waals surface area contributed by atoms with Crippen molar-refractivity contribution in [1.82, 2.24) is 10.6 Å². The lowest BCUT2D eigenvalue weighted by atomic mass is 10.1. The van der Waals surface area contributed by atoms with Gasteiger partial charge in [-0.05, 0) is 44.1 Å². The molecule has 5 nitrogen and oxygen atoms in total. The number of hydrogen-bond acceptors (Lipinski definition) is 4. The smallest absolute Gasteiger partial charge is 0.337 e. The highest BCUT2D eigenvalue weighted by Crippen LogP contribution is 2.06. The van der Waals surface area contributed by atoms with Crippen LogP contribution in [0.25, 0.3) is 0 Å². The van der Waals surface area contributed by atoms with Gasteiger partial charge in [0.1, 0.15) is 0 Å². The summed E-state index contributed by atoms with van der Waals surface area (Å²) >= 11 is 0. The van der Waals surface area contributed by atoms with Gasteiger partial charge in [-0.3, -0.25) is 4.79 Å². The maximum Gasteiger partial charge on any atom is 0.337 e. The molecular formula is C15H22N2O3. The molecule has 0 aliphatic carbocycles. The van der Waals surface area contributed by atoms with Crippen LogP contribution in [0.5, 0.6) is 0 Å². The van der Waals surface area contributed by atoms with Crippen molar-refractivity contribution in [2.24, 2.45) is 0 Å². The summed E-state index contributed by atoms with van der Waals surface area (Å²) in [6.45, 7) is 1.46. The largest absolute Gasteiger partial charge is 0.465 e. The van der Waals surface area contributed by atoms with Crippen molar-refractivity contribution in [2.45, 2.75) is 19.3 Å². The third-order valence-electron chi connectivity index (χ3n) is 2.94. The molecule has 1 aromatic carbocycles. The highest BCUT2D eigenvalue weighted by atomic mass is 16.5. The first-order valence-electron chi connectivity index (χ1n) is 6.76. The lowest BCUT2D eigenvalue weighted by molar-refractivity contribution is -0.121. The number of amides is 1. The first-order chi connectivity index (χ1) is 9.67. The molecule has 1 amide bonds. The van der Waals surface area contributed by atoms with E-state index in [0.29, 0.717) is 18.5 Å². The molecule has 0 aliphatic heterocycles. The fourth-order valence-corrected chi connectivity index (χ4v) is 1.79. The quantitative estimate of drug-likeness (QED) is 0.552. The SMILES string of the molecule is CNCCCC(=O)NCCc1ccc(C(=O)OC)cc1. The molecule has 5 heteroatoms. The Morgan fingerprint density at radius 1 is 1.15 bits per heavy atom. The summed E-state index contributed by atoms with van der Waals surface area (Å²) in [7, 11) is 3.23. The van der Waals surface area contributed by atoms with E-state index in [1.807, 2.05) is 19.2 Å². The second-order valence-electron chi connectivity index (χ2n) is 4.50.